The molecule has 0 heterocycles. The lowest BCUT2D eigenvalue weighted by atomic mass is 9.80. The predicted molar refractivity (Wildman–Crippen MR) is 81.8 cm³/mol. The first kappa shape index (κ1) is 14.4. The molecule has 2 fully saturated rings. The number of benzene rings is 1. The standard InChI is InChI=1S/C17H24N2O2/c1-12-10-14(12)15(13-6-3-2-4-7-13)19-16(20)18-11-17(21)8-5-9-17/h2-4,6-7,12,14-15,21H,5,8-11H2,1H3,(H2,18,19,20)/t12-,14-,15-/m1/s1. The Hall–Kier alpha value is -1.55. The number of carbonyl (C=O) groups is 1. The predicted octanol–water partition coefficient (Wildman–Crippen LogP) is 2.60. The van der Waals surface area contributed by atoms with E-state index in [2.05, 4.69) is 29.7 Å². The summed E-state index contributed by atoms with van der Waals surface area (Å²) in [5.41, 5.74) is 0.483. The normalized spacial score (nSPS) is 27.3. The van der Waals surface area contributed by atoms with Gasteiger partial charge in [0.05, 0.1) is 11.6 Å². The van der Waals surface area contributed by atoms with Gasteiger partial charge in [0.2, 0.25) is 0 Å². The highest BCUT2D eigenvalue weighted by molar-refractivity contribution is 5.74. The molecule has 4 nitrogen and oxygen atoms in total. The van der Waals surface area contributed by atoms with Gasteiger partial charge in [0.1, 0.15) is 0 Å². The number of hydrogen-bond acceptors (Lipinski definition) is 2. The second-order valence-corrected chi connectivity index (χ2v) is 6.67. The van der Waals surface area contributed by atoms with E-state index in [4.69, 9.17) is 0 Å². The zero-order chi connectivity index (χ0) is 14.9. The van der Waals surface area contributed by atoms with Crippen LogP contribution in [-0.2, 0) is 0 Å². The van der Waals surface area contributed by atoms with Crippen LogP contribution >= 0.6 is 0 Å². The molecule has 0 unspecified atom stereocenters. The molecule has 3 atom stereocenters. The zero-order valence-corrected chi connectivity index (χ0v) is 12.5. The van der Waals surface area contributed by atoms with Gasteiger partial charge in [-0.15, -0.1) is 0 Å². The van der Waals surface area contributed by atoms with E-state index >= 15 is 0 Å². The molecule has 0 aliphatic heterocycles. The molecular weight excluding hydrogens is 264 g/mol. The minimum Gasteiger partial charge on any atom is -0.388 e. The maximum absolute atomic E-state index is 12.1. The quantitative estimate of drug-likeness (QED) is 0.780. The molecule has 3 N–H and O–H groups in total. The van der Waals surface area contributed by atoms with Gasteiger partial charge in [-0.1, -0.05) is 37.3 Å². The Kier molecular flexibility index (Phi) is 3.89. The summed E-state index contributed by atoms with van der Waals surface area (Å²) >= 11 is 0. The van der Waals surface area contributed by atoms with E-state index in [9.17, 15) is 9.90 Å². The van der Waals surface area contributed by atoms with E-state index in [1.165, 1.54) is 0 Å². The van der Waals surface area contributed by atoms with Crippen LogP contribution in [0.15, 0.2) is 30.3 Å². The SMILES string of the molecule is C[C@@H]1C[C@H]1[C@H](NC(=O)NCC1(O)CCC1)c1ccccc1. The molecule has 21 heavy (non-hydrogen) atoms. The lowest BCUT2D eigenvalue weighted by Crippen LogP contribution is -2.50. The molecule has 2 amide bonds. The molecule has 0 bridgehead atoms. The number of carbonyl (C=O) groups excluding carboxylic acids is 1. The summed E-state index contributed by atoms with van der Waals surface area (Å²) in [4.78, 5) is 12.1. The van der Waals surface area contributed by atoms with Gasteiger partial charge in [-0.25, -0.2) is 4.79 Å². The van der Waals surface area contributed by atoms with E-state index in [-0.39, 0.29) is 12.1 Å². The molecule has 2 saturated carbocycles. The van der Waals surface area contributed by atoms with Crippen molar-refractivity contribution in [2.75, 3.05) is 6.54 Å². The van der Waals surface area contributed by atoms with Crippen molar-refractivity contribution in [1.29, 1.82) is 0 Å². The molecule has 1 aromatic carbocycles. The van der Waals surface area contributed by atoms with Gasteiger partial charge >= 0.3 is 6.03 Å². The molecule has 2 aliphatic rings. The topological polar surface area (TPSA) is 61.4 Å². The van der Waals surface area contributed by atoms with Gasteiger partial charge in [-0.05, 0) is 43.1 Å². The third kappa shape index (κ3) is 3.38. The fraction of sp³-hybridized carbons (Fsp3) is 0.588. The lowest BCUT2D eigenvalue weighted by Gasteiger charge is -2.36. The number of amides is 2. The third-order valence-corrected chi connectivity index (χ3v) is 4.91. The van der Waals surface area contributed by atoms with Crippen molar-refractivity contribution in [3.8, 4) is 0 Å². The third-order valence-electron chi connectivity index (χ3n) is 4.91. The highest BCUT2D eigenvalue weighted by Crippen LogP contribution is 2.46. The summed E-state index contributed by atoms with van der Waals surface area (Å²) in [6.45, 7) is 2.57. The largest absolute Gasteiger partial charge is 0.388 e. The first-order chi connectivity index (χ1) is 10.1. The first-order valence-corrected chi connectivity index (χ1v) is 7.89. The maximum Gasteiger partial charge on any atom is 0.315 e. The van der Waals surface area contributed by atoms with Crippen LogP contribution in [0.2, 0.25) is 0 Å². The number of aliphatic hydroxyl groups is 1. The minimum absolute atomic E-state index is 0.0669. The van der Waals surface area contributed by atoms with Gasteiger partial charge in [-0.2, -0.15) is 0 Å². The van der Waals surface area contributed by atoms with Crippen LogP contribution in [0.5, 0.6) is 0 Å². The molecule has 0 spiro atoms. The van der Waals surface area contributed by atoms with Gasteiger partial charge in [-0.3, -0.25) is 0 Å². The Morgan fingerprint density at radius 3 is 2.57 bits per heavy atom. The summed E-state index contributed by atoms with van der Waals surface area (Å²) < 4.78 is 0. The van der Waals surface area contributed by atoms with E-state index in [1.807, 2.05) is 18.2 Å². The first-order valence-electron chi connectivity index (χ1n) is 7.89. The highest BCUT2D eigenvalue weighted by Gasteiger charge is 2.41. The smallest absolute Gasteiger partial charge is 0.315 e. The van der Waals surface area contributed by atoms with Gasteiger partial charge < -0.3 is 15.7 Å². The average molecular weight is 288 g/mol. The summed E-state index contributed by atoms with van der Waals surface area (Å²) in [5.74, 6) is 1.18. The van der Waals surface area contributed by atoms with Crippen molar-refractivity contribution in [3.05, 3.63) is 35.9 Å². The Labute approximate surface area is 125 Å². The Bertz CT molecular complexity index is 499. The van der Waals surface area contributed by atoms with Crippen molar-refractivity contribution in [3.63, 3.8) is 0 Å². The average Bonchev–Trinajstić information content (AvgIpc) is 3.18. The number of rotatable bonds is 5. The summed E-state index contributed by atoms with van der Waals surface area (Å²) in [5, 5.41) is 15.9. The van der Waals surface area contributed by atoms with E-state index in [0.29, 0.717) is 18.4 Å². The monoisotopic (exact) mass is 288 g/mol. The van der Waals surface area contributed by atoms with Crippen molar-refractivity contribution in [1.82, 2.24) is 10.6 Å². The van der Waals surface area contributed by atoms with Crippen LogP contribution in [0.1, 0.15) is 44.2 Å². The number of urea groups is 1. The van der Waals surface area contributed by atoms with Crippen molar-refractivity contribution in [2.45, 2.75) is 44.2 Å². The Morgan fingerprint density at radius 1 is 1.38 bits per heavy atom. The van der Waals surface area contributed by atoms with Crippen LogP contribution in [0, 0.1) is 11.8 Å². The molecular formula is C17H24N2O2. The second-order valence-electron chi connectivity index (χ2n) is 6.67. The molecule has 0 saturated heterocycles. The van der Waals surface area contributed by atoms with Crippen molar-refractivity contribution < 1.29 is 9.90 Å². The minimum atomic E-state index is -0.674. The van der Waals surface area contributed by atoms with Crippen molar-refractivity contribution >= 4 is 6.03 Å². The highest BCUT2D eigenvalue weighted by atomic mass is 16.3. The van der Waals surface area contributed by atoms with E-state index < -0.39 is 5.60 Å². The molecule has 2 aliphatic carbocycles. The summed E-state index contributed by atoms with van der Waals surface area (Å²) in [7, 11) is 0. The molecule has 4 heteroatoms. The molecule has 0 aromatic heterocycles. The summed E-state index contributed by atoms with van der Waals surface area (Å²) in [6.07, 6.45) is 3.78. The van der Waals surface area contributed by atoms with Crippen molar-refractivity contribution in [2.24, 2.45) is 11.8 Å². The molecule has 0 radical (unpaired) electrons. The van der Waals surface area contributed by atoms with Crippen LogP contribution in [0.4, 0.5) is 4.79 Å². The lowest BCUT2D eigenvalue weighted by molar-refractivity contribution is -0.0290. The zero-order valence-electron chi connectivity index (χ0n) is 12.5. The van der Waals surface area contributed by atoms with E-state index in [0.717, 1.165) is 31.2 Å². The summed E-state index contributed by atoms with van der Waals surface area (Å²) in [6, 6.07) is 10.0. The van der Waals surface area contributed by atoms with Gasteiger partial charge in [0.15, 0.2) is 0 Å². The molecule has 1 aromatic rings. The number of nitrogens with one attached hydrogen (secondary N) is 2. The fourth-order valence-electron chi connectivity index (χ4n) is 3.11. The van der Waals surface area contributed by atoms with E-state index in [1.54, 1.807) is 0 Å². The maximum atomic E-state index is 12.1. The number of hydrogen-bond donors (Lipinski definition) is 3. The van der Waals surface area contributed by atoms with Crippen LogP contribution in [0.25, 0.3) is 0 Å². The van der Waals surface area contributed by atoms with Gasteiger partial charge in [0, 0.05) is 6.54 Å². The Balaban J connectivity index is 1.58. The molecule has 3 rings (SSSR count). The second kappa shape index (κ2) is 5.68. The Morgan fingerprint density at radius 2 is 2.05 bits per heavy atom. The molecule has 114 valence electrons. The van der Waals surface area contributed by atoms with Crippen LogP contribution in [-0.4, -0.2) is 23.3 Å². The van der Waals surface area contributed by atoms with Gasteiger partial charge in [0.25, 0.3) is 0 Å². The van der Waals surface area contributed by atoms with Crippen LogP contribution in [0.3, 0.4) is 0 Å². The fourth-order valence-corrected chi connectivity index (χ4v) is 3.11. The van der Waals surface area contributed by atoms with Crippen LogP contribution < -0.4 is 10.6 Å².